The molecule has 2 aliphatic carbocycles. The molecule has 0 unspecified atom stereocenters. The van der Waals surface area contributed by atoms with E-state index in [0.29, 0.717) is 36.8 Å². The first-order valence-electron chi connectivity index (χ1n) is 16.9. The van der Waals surface area contributed by atoms with Gasteiger partial charge in [0.15, 0.2) is 0 Å². The van der Waals surface area contributed by atoms with Crippen molar-refractivity contribution in [3.05, 3.63) is 53.4 Å². The van der Waals surface area contributed by atoms with Crippen molar-refractivity contribution < 1.29 is 46.3 Å². The van der Waals surface area contributed by atoms with Gasteiger partial charge in [0, 0.05) is 17.9 Å². The summed E-state index contributed by atoms with van der Waals surface area (Å²) in [4.78, 5) is 70.3. The predicted molar refractivity (Wildman–Crippen MR) is 177 cm³/mol. The van der Waals surface area contributed by atoms with Crippen LogP contribution in [-0.4, -0.2) is 90.3 Å². The zero-order valence-corrected chi connectivity index (χ0v) is 28.8. The summed E-state index contributed by atoms with van der Waals surface area (Å²) in [6.45, 7) is 7.05. The highest BCUT2D eigenvalue weighted by atomic mass is 32.2. The highest BCUT2D eigenvalue weighted by molar-refractivity contribution is 7.91. The summed E-state index contributed by atoms with van der Waals surface area (Å²) in [5.74, 6) is -3.76. The topological polar surface area (TPSA) is 181 Å². The number of rotatable bonds is 7. The van der Waals surface area contributed by atoms with Crippen LogP contribution in [0.4, 0.5) is 14.0 Å². The predicted octanol–water partition coefficient (Wildman–Crippen LogP) is 2.47. The lowest BCUT2D eigenvalue weighted by Crippen LogP contribution is -2.59. The monoisotopic (exact) mass is 715 g/mol. The van der Waals surface area contributed by atoms with Gasteiger partial charge in [-0.15, -0.1) is 6.58 Å². The van der Waals surface area contributed by atoms with Crippen molar-refractivity contribution in [2.75, 3.05) is 13.2 Å². The van der Waals surface area contributed by atoms with Crippen LogP contribution < -0.4 is 15.4 Å². The van der Waals surface area contributed by atoms with E-state index in [9.17, 15) is 36.8 Å². The Labute approximate surface area is 289 Å². The molecule has 0 aromatic heterocycles. The number of benzene rings is 1. The summed E-state index contributed by atoms with van der Waals surface area (Å²) in [6.07, 6.45) is 4.42. The van der Waals surface area contributed by atoms with Crippen molar-refractivity contribution in [2.24, 2.45) is 11.8 Å². The average Bonchev–Trinajstić information content (AvgIpc) is 3.95. The van der Waals surface area contributed by atoms with Crippen molar-refractivity contribution in [1.82, 2.24) is 25.2 Å². The second-order valence-electron chi connectivity index (χ2n) is 13.9. The molecule has 5 aliphatic rings. The minimum atomic E-state index is -3.92. The lowest BCUT2D eigenvalue weighted by Gasteiger charge is -2.31. The van der Waals surface area contributed by atoms with Crippen LogP contribution in [0.3, 0.4) is 0 Å². The third-order valence-electron chi connectivity index (χ3n) is 9.98. The van der Waals surface area contributed by atoms with Crippen LogP contribution >= 0.6 is 0 Å². The normalized spacial score (nSPS) is 28.5. The number of ether oxygens (including phenoxy) is 2. The molecule has 5 amide bonds. The molecule has 3 heterocycles. The average molecular weight is 716 g/mol. The Morgan fingerprint density at radius 3 is 2.58 bits per heavy atom. The maximum atomic E-state index is 14.8. The zero-order valence-electron chi connectivity index (χ0n) is 28.0. The lowest BCUT2D eigenvalue weighted by molar-refractivity contribution is -0.141. The van der Waals surface area contributed by atoms with Gasteiger partial charge in [0.2, 0.25) is 21.8 Å². The van der Waals surface area contributed by atoms with Crippen molar-refractivity contribution in [3.63, 3.8) is 0 Å². The molecule has 1 aromatic carbocycles. The Hall–Kier alpha value is -4.47. The largest absolute Gasteiger partial charge is 0.450 e. The molecule has 6 rings (SSSR count). The minimum Gasteiger partial charge on any atom is -0.450 e. The number of alkyl carbamates (subject to hydrolysis) is 1. The molecule has 3 fully saturated rings. The highest BCUT2D eigenvalue weighted by Crippen LogP contribution is 2.45. The quantitative estimate of drug-likeness (QED) is 0.358. The van der Waals surface area contributed by atoms with Gasteiger partial charge in [-0.25, -0.2) is 22.4 Å². The Morgan fingerprint density at radius 1 is 1.16 bits per heavy atom. The van der Waals surface area contributed by atoms with Crippen molar-refractivity contribution in [3.8, 4) is 0 Å². The van der Waals surface area contributed by atoms with E-state index < -0.39 is 86.6 Å². The second kappa shape index (κ2) is 13.7. The Kier molecular flexibility index (Phi) is 9.68. The number of cyclic esters (lactones) is 1. The van der Waals surface area contributed by atoms with E-state index in [-0.39, 0.29) is 39.1 Å². The fourth-order valence-corrected chi connectivity index (χ4v) is 8.18. The van der Waals surface area contributed by atoms with E-state index in [0.717, 1.165) is 5.56 Å². The number of halogens is 1. The Morgan fingerprint density at radius 2 is 1.90 bits per heavy atom. The second-order valence-corrected chi connectivity index (χ2v) is 15.9. The molecule has 3 N–H and O–H groups in total. The van der Waals surface area contributed by atoms with E-state index in [4.69, 9.17) is 9.47 Å². The lowest BCUT2D eigenvalue weighted by atomic mass is 10.0. The number of hydrogen-bond donors (Lipinski definition) is 3. The van der Waals surface area contributed by atoms with Crippen molar-refractivity contribution >= 4 is 46.0 Å². The van der Waals surface area contributed by atoms with Gasteiger partial charge in [-0.3, -0.25) is 24.0 Å². The number of nitrogens with zero attached hydrogens (tertiary/aromatic N) is 2. The smallest absolute Gasteiger partial charge is 0.410 e. The van der Waals surface area contributed by atoms with Gasteiger partial charge < -0.3 is 25.0 Å². The third-order valence-corrected chi connectivity index (χ3v) is 11.8. The van der Waals surface area contributed by atoms with Crippen LogP contribution in [0, 0.1) is 17.7 Å². The van der Waals surface area contributed by atoms with Gasteiger partial charge >= 0.3 is 12.2 Å². The first-order valence-corrected chi connectivity index (χ1v) is 18.5. The zero-order chi connectivity index (χ0) is 36.0. The fourth-order valence-electron chi connectivity index (χ4n) is 6.81. The fraction of sp³-hybridized carbons (Fsp3) is 0.559. The van der Waals surface area contributed by atoms with Gasteiger partial charge in [0.25, 0.3) is 5.91 Å². The molecule has 270 valence electrons. The summed E-state index contributed by atoms with van der Waals surface area (Å²) in [5, 5.41) is 4.62. The van der Waals surface area contributed by atoms with Crippen LogP contribution in [-0.2, 0) is 47.0 Å². The van der Waals surface area contributed by atoms with Crippen LogP contribution in [0.5, 0.6) is 0 Å². The highest BCUT2D eigenvalue weighted by Gasteiger charge is 2.62. The molecule has 0 radical (unpaired) electrons. The van der Waals surface area contributed by atoms with Crippen molar-refractivity contribution in [2.45, 2.75) is 94.4 Å². The van der Waals surface area contributed by atoms with E-state index >= 15 is 0 Å². The number of carbonyl (C=O) groups is 5. The maximum absolute atomic E-state index is 14.8. The van der Waals surface area contributed by atoms with Gasteiger partial charge in [0.05, 0.1) is 31.5 Å². The molecule has 1 aromatic rings. The first-order chi connectivity index (χ1) is 23.7. The van der Waals surface area contributed by atoms with Crippen LogP contribution in [0.1, 0.15) is 69.1 Å². The van der Waals surface area contributed by atoms with Gasteiger partial charge in [-0.1, -0.05) is 38.1 Å². The number of fused-ring (bicyclic) bond motifs is 3. The molecule has 14 nitrogen and oxygen atoms in total. The number of amides is 5. The van der Waals surface area contributed by atoms with Gasteiger partial charge in [0.1, 0.15) is 29.5 Å². The molecule has 50 heavy (non-hydrogen) atoms. The van der Waals surface area contributed by atoms with Gasteiger partial charge in [-0.2, -0.15) is 0 Å². The maximum Gasteiger partial charge on any atom is 0.410 e. The molecule has 3 aliphatic heterocycles. The molecular formula is C34H42FN5O9S. The third kappa shape index (κ3) is 7.07. The summed E-state index contributed by atoms with van der Waals surface area (Å²) < 4.78 is 53.3. The number of carbonyl (C=O) groups excluding carboxylic acids is 5. The van der Waals surface area contributed by atoms with E-state index in [1.165, 1.54) is 21.9 Å². The SMILES string of the molecule is C=C[C@@H]1C[C@]1(NC(=O)[C@@H]1C[C@@H]2CN1C(=O)[C@H](C(C)C)NC(=O)OCCCC=Cc1ccc(F)c3c1CN(C3)C(=O)O2)C(=O)NS(=O)(=O)C1CC1. The van der Waals surface area contributed by atoms with Crippen LogP contribution in [0.25, 0.3) is 6.08 Å². The van der Waals surface area contributed by atoms with Gasteiger partial charge in [-0.05, 0) is 55.2 Å². The molecule has 1 saturated heterocycles. The number of nitrogens with one attached hydrogen (secondary N) is 3. The number of hydrogen-bond acceptors (Lipinski definition) is 9. The van der Waals surface area contributed by atoms with Crippen molar-refractivity contribution in [1.29, 1.82) is 0 Å². The summed E-state index contributed by atoms with van der Waals surface area (Å²) >= 11 is 0. The number of allylic oxidation sites excluding steroid dienone is 1. The van der Waals surface area contributed by atoms with Crippen LogP contribution in [0.2, 0.25) is 0 Å². The molecule has 4 bridgehead atoms. The van der Waals surface area contributed by atoms with Crippen LogP contribution in [0.15, 0.2) is 30.9 Å². The molecule has 2 saturated carbocycles. The molecule has 0 spiro atoms. The minimum absolute atomic E-state index is 0.0272. The Balaban J connectivity index is 1.27. The summed E-state index contributed by atoms with van der Waals surface area (Å²) in [6, 6.07) is 0.593. The molecule has 5 atom stereocenters. The van der Waals surface area contributed by atoms with E-state index in [2.05, 4.69) is 21.9 Å². The van der Waals surface area contributed by atoms with E-state index in [1.807, 2.05) is 12.2 Å². The molecular weight excluding hydrogens is 673 g/mol. The molecule has 16 heteroatoms. The summed E-state index contributed by atoms with van der Waals surface area (Å²) in [7, 11) is -3.92. The summed E-state index contributed by atoms with van der Waals surface area (Å²) in [5.41, 5.74) is 0.141. The first kappa shape index (κ1) is 35.4. The van der Waals surface area contributed by atoms with E-state index in [1.54, 1.807) is 19.9 Å². The number of sulfonamides is 1. The standard InChI is InChI=1S/C34H42FN5O9S/c1-4-21-15-34(21,31(43)38-50(46,47)23-10-11-23)37-29(41)27-14-22-16-40(27)30(42)28(19(2)3)36-32(44)48-13-7-5-6-8-20-9-12-26(35)25-18-39(17-24(20)25)33(45)49-22/h4,6,8-9,12,19,21-23,27-28H,1,5,7,10-11,13-18H2,2-3H3,(H,36,44)(H,37,41)(H,38,43)/t21-,22-,27+,28+,34-/m1/s1. The Bertz CT molecular complexity index is 1750.